The molecule has 2 heterocycles. The third kappa shape index (κ3) is 4.56. The number of carbonyl (C=O) groups excluding carboxylic acids is 1. The van der Waals surface area contributed by atoms with Gasteiger partial charge in [0.1, 0.15) is 0 Å². The van der Waals surface area contributed by atoms with E-state index in [-0.39, 0.29) is 10.8 Å². The van der Waals surface area contributed by atoms with Crippen molar-refractivity contribution in [3.05, 3.63) is 88.9 Å². The van der Waals surface area contributed by atoms with Crippen LogP contribution in [0.25, 0.3) is 10.2 Å². The molecule has 1 N–H and O–H groups in total. The van der Waals surface area contributed by atoms with Gasteiger partial charge in [-0.3, -0.25) is 9.10 Å². The van der Waals surface area contributed by atoms with Crippen molar-refractivity contribution in [2.45, 2.75) is 30.6 Å². The first-order valence-electron chi connectivity index (χ1n) is 11.4. The van der Waals surface area contributed by atoms with Gasteiger partial charge in [-0.1, -0.05) is 36.4 Å². The van der Waals surface area contributed by atoms with Crippen molar-refractivity contribution in [3.8, 4) is 0 Å². The van der Waals surface area contributed by atoms with E-state index in [0.717, 1.165) is 52.2 Å². The van der Waals surface area contributed by atoms with Crippen LogP contribution in [-0.4, -0.2) is 32.4 Å². The van der Waals surface area contributed by atoms with E-state index in [9.17, 15) is 13.2 Å². The molecule has 4 aromatic rings. The highest BCUT2D eigenvalue weighted by molar-refractivity contribution is 7.92. The fourth-order valence-electron chi connectivity index (χ4n) is 4.24. The van der Waals surface area contributed by atoms with Crippen LogP contribution < -0.4 is 9.62 Å². The Hall–Kier alpha value is -3.23. The Morgan fingerprint density at radius 2 is 1.85 bits per heavy atom. The van der Waals surface area contributed by atoms with Crippen molar-refractivity contribution in [3.63, 3.8) is 0 Å². The first kappa shape index (κ1) is 22.6. The van der Waals surface area contributed by atoms with E-state index in [0.29, 0.717) is 18.7 Å². The highest BCUT2D eigenvalue weighted by Gasteiger charge is 2.29. The summed E-state index contributed by atoms with van der Waals surface area (Å²) in [4.78, 5) is 17.5. The molecule has 0 bridgehead atoms. The van der Waals surface area contributed by atoms with Crippen LogP contribution in [-0.2, 0) is 22.9 Å². The standard InChI is InChI=1S/C26H25N3O3S2/c30-26(27-16-6-15-25-28-22-12-2-4-14-24(22)33-25)20-9-5-11-21(18-20)34(31,32)29-17-7-10-19-8-1-3-13-23(19)29/h1-5,8-9,11-14,18H,6-7,10,15-17H2,(H,27,30). The molecular formula is C26H25N3O3S2. The van der Waals surface area contributed by atoms with Gasteiger partial charge in [0.15, 0.2) is 0 Å². The number of rotatable bonds is 7. The summed E-state index contributed by atoms with van der Waals surface area (Å²) >= 11 is 1.67. The first-order valence-corrected chi connectivity index (χ1v) is 13.6. The third-order valence-corrected chi connectivity index (χ3v) is 8.85. The van der Waals surface area contributed by atoms with Crippen molar-refractivity contribution in [2.24, 2.45) is 0 Å². The monoisotopic (exact) mass is 491 g/mol. The number of carbonyl (C=O) groups is 1. The van der Waals surface area contributed by atoms with Crippen LogP contribution in [0.5, 0.6) is 0 Å². The van der Waals surface area contributed by atoms with Gasteiger partial charge in [0, 0.05) is 25.1 Å². The molecular weight excluding hydrogens is 466 g/mol. The second-order valence-electron chi connectivity index (χ2n) is 8.27. The summed E-state index contributed by atoms with van der Waals surface area (Å²) < 4.78 is 29.4. The van der Waals surface area contributed by atoms with E-state index in [1.807, 2.05) is 42.5 Å². The third-order valence-electron chi connectivity index (χ3n) is 5.94. The van der Waals surface area contributed by atoms with E-state index >= 15 is 0 Å². The minimum atomic E-state index is -3.76. The van der Waals surface area contributed by atoms with Crippen LogP contribution in [0, 0.1) is 0 Å². The minimum absolute atomic E-state index is 0.131. The maximum absolute atomic E-state index is 13.4. The van der Waals surface area contributed by atoms with Gasteiger partial charge in [0.2, 0.25) is 0 Å². The molecule has 0 fully saturated rings. The van der Waals surface area contributed by atoms with Gasteiger partial charge >= 0.3 is 0 Å². The van der Waals surface area contributed by atoms with Gasteiger partial charge in [0.25, 0.3) is 15.9 Å². The Kier molecular flexibility index (Phi) is 6.34. The van der Waals surface area contributed by atoms with E-state index in [4.69, 9.17) is 0 Å². The number of nitrogens with zero attached hydrogens (tertiary/aromatic N) is 2. The lowest BCUT2D eigenvalue weighted by Crippen LogP contribution is -2.35. The molecule has 0 unspecified atom stereocenters. The molecule has 0 aliphatic carbocycles. The maximum Gasteiger partial charge on any atom is 0.264 e. The average Bonchev–Trinajstić information content (AvgIpc) is 3.29. The van der Waals surface area contributed by atoms with Gasteiger partial charge in [-0.15, -0.1) is 11.3 Å². The molecule has 174 valence electrons. The highest BCUT2D eigenvalue weighted by atomic mass is 32.2. The maximum atomic E-state index is 13.4. The number of nitrogens with one attached hydrogen (secondary N) is 1. The number of sulfonamides is 1. The lowest BCUT2D eigenvalue weighted by molar-refractivity contribution is 0.0953. The molecule has 1 amide bonds. The quantitative estimate of drug-likeness (QED) is 0.377. The Morgan fingerprint density at radius 1 is 1.03 bits per heavy atom. The SMILES string of the molecule is O=C(NCCCc1nc2ccccc2s1)c1cccc(S(=O)(=O)N2CCCc3ccccc32)c1. The van der Waals surface area contributed by atoms with Crippen molar-refractivity contribution in [1.29, 1.82) is 0 Å². The summed E-state index contributed by atoms with van der Waals surface area (Å²) in [6.45, 7) is 0.923. The van der Waals surface area contributed by atoms with Crippen molar-refractivity contribution in [2.75, 3.05) is 17.4 Å². The normalized spacial score (nSPS) is 13.6. The van der Waals surface area contributed by atoms with E-state index < -0.39 is 10.0 Å². The number of thiazole rings is 1. The Morgan fingerprint density at radius 3 is 2.74 bits per heavy atom. The van der Waals surface area contributed by atoms with Crippen LogP contribution >= 0.6 is 11.3 Å². The predicted molar refractivity (Wildman–Crippen MR) is 136 cm³/mol. The molecule has 34 heavy (non-hydrogen) atoms. The van der Waals surface area contributed by atoms with Gasteiger partial charge in [0.05, 0.1) is 25.8 Å². The van der Waals surface area contributed by atoms with Gasteiger partial charge in [-0.05, 0) is 61.2 Å². The number of hydrogen-bond acceptors (Lipinski definition) is 5. The smallest absolute Gasteiger partial charge is 0.264 e. The average molecular weight is 492 g/mol. The number of benzene rings is 3. The van der Waals surface area contributed by atoms with Gasteiger partial charge in [-0.2, -0.15) is 0 Å². The molecule has 0 spiro atoms. The zero-order chi connectivity index (χ0) is 23.5. The summed E-state index contributed by atoms with van der Waals surface area (Å²) in [5.74, 6) is -0.277. The number of para-hydroxylation sites is 2. The fourth-order valence-corrected chi connectivity index (χ4v) is 6.84. The predicted octanol–water partition coefficient (Wildman–Crippen LogP) is 4.80. The van der Waals surface area contributed by atoms with E-state index in [1.165, 1.54) is 10.4 Å². The molecule has 0 radical (unpaired) electrons. The molecule has 1 aliphatic heterocycles. The summed E-state index contributed by atoms with van der Waals surface area (Å²) in [6.07, 6.45) is 3.17. The van der Waals surface area contributed by atoms with Crippen LogP contribution in [0.2, 0.25) is 0 Å². The summed E-state index contributed by atoms with van der Waals surface area (Å²) in [5, 5.41) is 3.95. The second-order valence-corrected chi connectivity index (χ2v) is 11.2. The molecule has 1 aromatic heterocycles. The Balaban J connectivity index is 1.24. The zero-order valence-electron chi connectivity index (χ0n) is 18.6. The number of aryl methyl sites for hydroxylation is 2. The summed E-state index contributed by atoms with van der Waals surface area (Å²) in [7, 11) is -3.76. The van der Waals surface area contributed by atoms with Crippen LogP contribution in [0.1, 0.15) is 33.8 Å². The topological polar surface area (TPSA) is 79.4 Å². The molecule has 0 saturated carbocycles. The summed E-state index contributed by atoms with van der Waals surface area (Å²) in [6, 6.07) is 21.9. The molecule has 8 heteroatoms. The van der Waals surface area contributed by atoms with Gasteiger partial charge in [-0.25, -0.2) is 13.4 Å². The van der Waals surface area contributed by atoms with Crippen molar-refractivity contribution >= 4 is 43.2 Å². The highest BCUT2D eigenvalue weighted by Crippen LogP contribution is 2.32. The van der Waals surface area contributed by atoms with Crippen LogP contribution in [0.4, 0.5) is 5.69 Å². The molecule has 3 aromatic carbocycles. The zero-order valence-corrected chi connectivity index (χ0v) is 20.2. The number of hydrogen-bond donors (Lipinski definition) is 1. The number of anilines is 1. The minimum Gasteiger partial charge on any atom is -0.352 e. The molecule has 1 aliphatic rings. The summed E-state index contributed by atoms with van der Waals surface area (Å²) in [5.41, 5.74) is 3.09. The van der Waals surface area contributed by atoms with E-state index in [1.54, 1.807) is 29.5 Å². The first-order chi connectivity index (χ1) is 16.5. The van der Waals surface area contributed by atoms with Gasteiger partial charge < -0.3 is 5.32 Å². The Labute approximate surface area is 203 Å². The van der Waals surface area contributed by atoms with Crippen LogP contribution in [0.3, 0.4) is 0 Å². The van der Waals surface area contributed by atoms with Crippen LogP contribution in [0.15, 0.2) is 77.7 Å². The van der Waals surface area contributed by atoms with E-state index in [2.05, 4.69) is 16.4 Å². The second kappa shape index (κ2) is 9.56. The molecule has 0 atom stereocenters. The lowest BCUT2D eigenvalue weighted by atomic mass is 10.0. The van der Waals surface area contributed by atoms with Crippen molar-refractivity contribution in [1.82, 2.24) is 10.3 Å². The molecule has 5 rings (SSSR count). The van der Waals surface area contributed by atoms with Crippen molar-refractivity contribution < 1.29 is 13.2 Å². The number of aromatic nitrogens is 1. The number of amides is 1. The lowest BCUT2D eigenvalue weighted by Gasteiger charge is -2.30. The largest absolute Gasteiger partial charge is 0.352 e. The fraction of sp³-hybridized carbons (Fsp3) is 0.231. The Bertz CT molecular complexity index is 1410. The number of fused-ring (bicyclic) bond motifs is 2. The molecule has 0 saturated heterocycles. The molecule has 6 nitrogen and oxygen atoms in total.